The van der Waals surface area contributed by atoms with Crippen LogP contribution in [0.4, 0.5) is 0 Å². The van der Waals surface area contributed by atoms with Gasteiger partial charge in [0.2, 0.25) is 0 Å². The Labute approximate surface area is 104 Å². The van der Waals surface area contributed by atoms with Crippen molar-refractivity contribution in [3.05, 3.63) is 0 Å². The van der Waals surface area contributed by atoms with Crippen LogP contribution in [0.2, 0.25) is 0 Å². The Kier molecular flexibility index (Phi) is 4.66. The van der Waals surface area contributed by atoms with Crippen LogP contribution in [-0.4, -0.2) is 29.3 Å². The van der Waals surface area contributed by atoms with Crippen LogP contribution in [0.5, 0.6) is 0 Å². The second kappa shape index (κ2) is 6.24. The van der Waals surface area contributed by atoms with Gasteiger partial charge in [-0.3, -0.25) is 4.99 Å². The third kappa shape index (κ3) is 4.19. The summed E-state index contributed by atoms with van der Waals surface area (Å²) in [6, 6.07) is 0.844. The van der Waals surface area contributed by atoms with Gasteiger partial charge in [-0.1, -0.05) is 19.3 Å². The SMILES string of the molecule is NC(=NC1CCC(O)CC1)NC1CCCCC1. The average Bonchev–Trinajstić information content (AvgIpc) is 2.33. The quantitative estimate of drug-likeness (QED) is 0.505. The molecule has 4 nitrogen and oxygen atoms in total. The minimum atomic E-state index is -0.117. The highest BCUT2D eigenvalue weighted by Gasteiger charge is 2.19. The van der Waals surface area contributed by atoms with Gasteiger partial charge in [0.15, 0.2) is 5.96 Å². The zero-order valence-electron chi connectivity index (χ0n) is 10.6. The van der Waals surface area contributed by atoms with E-state index in [1.807, 2.05) is 0 Å². The van der Waals surface area contributed by atoms with Crippen molar-refractivity contribution in [3.63, 3.8) is 0 Å². The van der Waals surface area contributed by atoms with Crippen LogP contribution in [0.1, 0.15) is 57.8 Å². The van der Waals surface area contributed by atoms with Crippen molar-refractivity contribution in [1.82, 2.24) is 5.32 Å². The first-order valence-electron chi connectivity index (χ1n) is 7.02. The van der Waals surface area contributed by atoms with E-state index in [0.717, 1.165) is 25.7 Å². The summed E-state index contributed by atoms with van der Waals surface area (Å²) in [6.07, 6.45) is 9.96. The Morgan fingerprint density at radius 1 is 1.00 bits per heavy atom. The lowest BCUT2D eigenvalue weighted by atomic mass is 9.93. The largest absolute Gasteiger partial charge is 0.393 e. The zero-order valence-corrected chi connectivity index (χ0v) is 10.6. The molecule has 0 heterocycles. The summed E-state index contributed by atoms with van der Waals surface area (Å²) < 4.78 is 0. The molecule has 2 aliphatic carbocycles. The van der Waals surface area contributed by atoms with Crippen molar-refractivity contribution >= 4 is 5.96 Å². The number of nitrogens with two attached hydrogens (primary N) is 1. The monoisotopic (exact) mass is 239 g/mol. The van der Waals surface area contributed by atoms with E-state index in [1.165, 1.54) is 32.1 Å². The molecule has 17 heavy (non-hydrogen) atoms. The predicted octanol–water partition coefficient (Wildman–Crippen LogP) is 1.53. The van der Waals surface area contributed by atoms with Crippen molar-refractivity contribution in [1.29, 1.82) is 0 Å². The van der Waals surface area contributed by atoms with Crippen LogP contribution in [0.3, 0.4) is 0 Å². The fourth-order valence-corrected chi connectivity index (χ4v) is 2.88. The van der Waals surface area contributed by atoms with Gasteiger partial charge >= 0.3 is 0 Å². The molecule has 0 amide bonds. The third-order valence-corrected chi connectivity index (χ3v) is 3.95. The van der Waals surface area contributed by atoms with Gasteiger partial charge in [-0.15, -0.1) is 0 Å². The van der Waals surface area contributed by atoms with E-state index in [2.05, 4.69) is 10.3 Å². The molecule has 0 saturated heterocycles. The van der Waals surface area contributed by atoms with Gasteiger partial charge < -0.3 is 16.2 Å². The standard InChI is InChI=1S/C13H25N3O/c14-13(15-10-4-2-1-3-5-10)16-11-6-8-12(17)9-7-11/h10-12,17H,1-9H2,(H3,14,15,16). The molecule has 2 saturated carbocycles. The molecular weight excluding hydrogens is 214 g/mol. The minimum absolute atomic E-state index is 0.117. The van der Waals surface area contributed by atoms with Crippen molar-refractivity contribution in [3.8, 4) is 0 Å². The molecule has 4 heteroatoms. The molecule has 2 fully saturated rings. The number of hydrogen-bond acceptors (Lipinski definition) is 2. The molecule has 0 aromatic rings. The second-order valence-electron chi connectivity index (χ2n) is 5.46. The van der Waals surface area contributed by atoms with Crippen LogP contribution in [0.15, 0.2) is 4.99 Å². The second-order valence-corrected chi connectivity index (χ2v) is 5.46. The summed E-state index contributed by atoms with van der Waals surface area (Å²) >= 11 is 0. The highest BCUT2D eigenvalue weighted by molar-refractivity contribution is 5.78. The summed E-state index contributed by atoms with van der Waals surface area (Å²) in [5.41, 5.74) is 5.95. The average molecular weight is 239 g/mol. The first kappa shape index (κ1) is 12.7. The first-order chi connectivity index (χ1) is 8.24. The molecule has 0 atom stereocenters. The predicted molar refractivity (Wildman–Crippen MR) is 69.9 cm³/mol. The van der Waals surface area contributed by atoms with Gasteiger partial charge in [0, 0.05) is 6.04 Å². The maximum Gasteiger partial charge on any atom is 0.189 e. The highest BCUT2D eigenvalue weighted by Crippen LogP contribution is 2.21. The highest BCUT2D eigenvalue weighted by atomic mass is 16.3. The summed E-state index contributed by atoms with van der Waals surface area (Å²) in [7, 11) is 0. The summed E-state index contributed by atoms with van der Waals surface area (Å²) in [6.45, 7) is 0. The normalized spacial score (nSPS) is 32.4. The lowest BCUT2D eigenvalue weighted by Crippen LogP contribution is -2.42. The van der Waals surface area contributed by atoms with Crippen molar-refractivity contribution in [2.75, 3.05) is 0 Å². The first-order valence-corrected chi connectivity index (χ1v) is 7.02. The Balaban J connectivity index is 1.75. The van der Waals surface area contributed by atoms with Gasteiger partial charge in [0.1, 0.15) is 0 Å². The zero-order chi connectivity index (χ0) is 12.1. The molecule has 0 unspecified atom stereocenters. The van der Waals surface area contributed by atoms with Gasteiger partial charge in [0.25, 0.3) is 0 Å². The molecule has 0 radical (unpaired) electrons. The molecular formula is C13H25N3O. The third-order valence-electron chi connectivity index (χ3n) is 3.95. The molecule has 0 aromatic carbocycles. The van der Waals surface area contributed by atoms with E-state index in [-0.39, 0.29) is 6.10 Å². The molecule has 0 spiro atoms. The summed E-state index contributed by atoms with van der Waals surface area (Å²) in [5.74, 6) is 0.610. The molecule has 2 rings (SSSR count). The van der Waals surface area contributed by atoms with E-state index in [4.69, 9.17) is 5.73 Å². The van der Waals surface area contributed by atoms with Crippen LogP contribution < -0.4 is 11.1 Å². The molecule has 4 N–H and O–H groups in total. The Morgan fingerprint density at radius 2 is 1.65 bits per heavy atom. The van der Waals surface area contributed by atoms with E-state index >= 15 is 0 Å². The number of aliphatic hydroxyl groups is 1. The van der Waals surface area contributed by atoms with Crippen LogP contribution in [-0.2, 0) is 0 Å². The van der Waals surface area contributed by atoms with Gasteiger partial charge in [-0.25, -0.2) is 0 Å². The fraction of sp³-hybridized carbons (Fsp3) is 0.923. The fourth-order valence-electron chi connectivity index (χ4n) is 2.88. The molecule has 0 aliphatic heterocycles. The number of nitrogens with one attached hydrogen (secondary N) is 1. The lowest BCUT2D eigenvalue weighted by molar-refractivity contribution is 0.123. The molecule has 0 aromatic heterocycles. The van der Waals surface area contributed by atoms with E-state index in [9.17, 15) is 5.11 Å². The van der Waals surface area contributed by atoms with Crippen LogP contribution >= 0.6 is 0 Å². The van der Waals surface area contributed by atoms with Crippen LogP contribution in [0, 0.1) is 0 Å². The number of rotatable bonds is 2. The van der Waals surface area contributed by atoms with Crippen molar-refractivity contribution < 1.29 is 5.11 Å². The van der Waals surface area contributed by atoms with E-state index < -0.39 is 0 Å². The van der Waals surface area contributed by atoms with Gasteiger partial charge in [0.05, 0.1) is 12.1 Å². The molecule has 98 valence electrons. The smallest absolute Gasteiger partial charge is 0.189 e. The van der Waals surface area contributed by atoms with Crippen LogP contribution in [0.25, 0.3) is 0 Å². The Bertz CT molecular complexity index is 253. The Hall–Kier alpha value is -0.770. The molecule has 2 aliphatic rings. The maximum absolute atomic E-state index is 9.43. The minimum Gasteiger partial charge on any atom is -0.393 e. The van der Waals surface area contributed by atoms with E-state index in [1.54, 1.807) is 0 Å². The number of hydrogen-bond donors (Lipinski definition) is 3. The molecule has 0 bridgehead atoms. The topological polar surface area (TPSA) is 70.6 Å². The number of aliphatic hydroxyl groups excluding tert-OH is 1. The van der Waals surface area contributed by atoms with Crippen molar-refractivity contribution in [2.24, 2.45) is 10.7 Å². The maximum atomic E-state index is 9.43. The summed E-state index contributed by atoms with van der Waals surface area (Å²) in [5, 5.41) is 12.8. The number of aliphatic imine (C=N–C) groups is 1. The Morgan fingerprint density at radius 3 is 2.29 bits per heavy atom. The van der Waals surface area contributed by atoms with Gasteiger partial charge in [-0.2, -0.15) is 0 Å². The van der Waals surface area contributed by atoms with Gasteiger partial charge in [-0.05, 0) is 38.5 Å². The van der Waals surface area contributed by atoms with E-state index in [0.29, 0.717) is 18.0 Å². The summed E-state index contributed by atoms with van der Waals surface area (Å²) in [4.78, 5) is 4.54. The van der Waals surface area contributed by atoms with Crippen molar-refractivity contribution in [2.45, 2.75) is 76.0 Å². The number of nitrogens with zero attached hydrogens (tertiary/aromatic N) is 1. The lowest BCUT2D eigenvalue weighted by Gasteiger charge is -2.25. The number of guanidine groups is 1.